The van der Waals surface area contributed by atoms with Gasteiger partial charge in [0.2, 0.25) is 6.41 Å². The van der Waals surface area contributed by atoms with Crippen molar-refractivity contribution < 1.29 is 32.5 Å². The summed E-state index contributed by atoms with van der Waals surface area (Å²) in [4.78, 5) is 13.3. The predicted octanol–water partition coefficient (Wildman–Crippen LogP) is 6.06. The second-order valence-corrected chi connectivity index (χ2v) is 8.59. The average Bonchev–Trinajstić information content (AvgIpc) is 2.85. The van der Waals surface area contributed by atoms with E-state index in [0.29, 0.717) is 33.8 Å². The molecular formula is C27H27ClF3NO4. The number of halogens is 4. The summed E-state index contributed by atoms with van der Waals surface area (Å²) < 4.78 is 50.9. The molecule has 1 N–H and O–H groups in total. The van der Waals surface area contributed by atoms with E-state index >= 15 is 0 Å². The molecule has 0 aliphatic rings. The Hall–Kier alpha value is -2.91. The van der Waals surface area contributed by atoms with E-state index in [1.165, 1.54) is 18.1 Å². The minimum atomic E-state index is -4.54. The fourth-order valence-electron chi connectivity index (χ4n) is 3.74. The van der Waals surface area contributed by atoms with Gasteiger partial charge in [0.1, 0.15) is 0 Å². The number of rotatable bonds is 10. The number of carbonyl (C=O) groups is 1. The summed E-state index contributed by atoms with van der Waals surface area (Å²) in [7, 11) is 1.27. The molecule has 0 saturated heterocycles. The number of hydrogen-bond donors (Lipinski definition) is 1. The number of methoxy groups -OCH3 is 1. The van der Waals surface area contributed by atoms with Crippen LogP contribution in [0, 0.1) is 0 Å². The maximum atomic E-state index is 13.5. The van der Waals surface area contributed by atoms with E-state index in [9.17, 15) is 23.1 Å². The highest BCUT2D eigenvalue weighted by molar-refractivity contribution is 6.31. The zero-order valence-corrected chi connectivity index (χ0v) is 20.6. The van der Waals surface area contributed by atoms with Gasteiger partial charge in [-0.25, -0.2) is 0 Å². The number of nitrogens with zero attached hydrogens (tertiary/aromatic N) is 1. The Morgan fingerprint density at radius 2 is 1.78 bits per heavy atom. The number of carbonyl (C=O) groups excluding carboxylic acids is 1. The zero-order valence-electron chi connectivity index (χ0n) is 19.9. The summed E-state index contributed by atoms with van der Waals surface area (Å²) in [5, 5.41) is 11.0. The largest absolute Gasteiger partial charge is 0.469 e. The van der Waals surface area contributed by atoms with Crippen LogP contribution < -0.4 is 0 Å². The highest BCUT2D eigenvalue weighted by Crippen LogP contribution is 2.35. The van der Waals surface area contributed by atoms with Gasteiger partial charge in [0, 0.05) is 18.1 Å². The average molecular weight is 522 g/mol. The molecule has 3 aromatic carbocycles. The van der Waals surface area contributed by atoms with Crippen LogP contribution >= 0.6 is 11.6 Å². The molecule has 9 heteroatoms. The first-order chi connectivity index (χ1) is 17.1. The van der Waals surface area contributed by atoms with Gasteiger partial charge < -0.3 is 14.6 Å². The molecule has 1 unspecified atom stereocenters. The van der Waals surface area contributed by atoms with Gasteiger partial charge in [-0.05, 0) is 52.1 Å². The van der Waals surface area contributed by atoms with E-state index in [1.807, 2.05) is 30.3 Å². The van der Waals surface area contributed by atoms with Crippen LogP contribution in [0.5, 0.6) is 0 Å². The highest BCUT2D eigenvalue weighted by Gasteiger charge is 2.31. The maximum Gasteiger partial charge on any atom is 0.416 e. The number of hydrogen-bond acceptors (Lipinski definition) is 5. The lowest BCUT2D eigenvalue weighted by atomic mass is 9.95. The minimum Gasteiger partial charge on any atom is -0.469 e. The number of aliphatic hydroxyl groups excluding tert-OH is 1. The van der Waals surface area contributed by atoms with Gasteiger partial charge in [0.05, 0.1) is 25.7 Å². The number of esters is 1. The Morgan fingerprint density at radius 1 is 1.06 bits per heavy atom. The first kappa shape index (κ1) is 27.7. The normalized spacial score (nSPS) is 12.6. The van der Waals surface area contributed by atoms with Crippen molar-refractivity contribution in [3.63, 3.8) is 0 Å². The Bertz CT molecular complexity index is 1170. The van der Waals surface area contributed by atoms with Crippen LogP contribution in [-0.2, 0) is 40.0 Å². The quantitative estimate of drug-likeness (QED) is 0.260. The van der Waals surface area contributed by atoms with E-state index < -0.39 is 24.1 Å². The van der Waals surface area contributed by atoms with Crippen LogP contribution in [0.1, 0.15) is 29.2 Å². The SMILES string of the molecule is CCN(Cc1cc(C(F)(F)F)ccc1-c1cc(Cl)cc(CC(=O)OC)c1)C(O)OCc1ccccc1. The fraction of sp³-hybridized carbons (Fsp3) is 0.296. The molecule has 0 aliphatic carbocycles. The van der Waals surface area contributed by atoms with Gasteiger partial charge in [0.25, 0.3) is 0 Å². The molecule has 0 heterocycles. The Morgan fingerprint density at radius 3 is 2.42 bits per heavy atom. The number of alkyl halides is 3. The fourth-order valence-corrected chi connectivity index (χ4v) is 4.00. The summed E-state index contributed by atoms with van der Waals surface area (Å²) in [6.45, 7) is 2.20. The molecule has 1 atom stereocenters. The molecule has 0 saturated carbocycles. The molecule has 0 fully saturated rings. The third-order valence-corrected chi connectivity index (χ3v) is 5.83. The summed E-state index contributed by atoms with van der Waals surface area (Å²) >= 11 is 6.26. The van der Waals surface area contributed by atoms with Crippen molar-refractivity contribution in [2.24, 2.45) is 0 Å². The lowest BCUT2D eigenvalue weighted by Crippen LogP contribution is -2.36. The predicted molar refractivity (Wildman–Crippen MR) is 131 cm³/mol. The zero-order chi connectivity index (χ0) is 26.3. The van der Waals surface area contributed by atoms with Crippen molar-refractivity contribution in [2.75, 3.05) is 13.7 Å². The lowest BCUT2D eigenvalue weighted by molar-refractivity contribution is -0.202. The summed E-state index contributed by atoms with van der Waals surface area (Å²) in [6.07, 6.45) is -5.92. The van der Waals surface area contributed by atoms with Gasteiger partial charge in [-0.15, -0.1) is 0 Å². The van der Waals surface area contributed by atoms with Crippen LogP contribution in [0.25, 0.3) is 11.1 Å². The van der Waals surface area contributed by atoms with E-state index in [2.05, 4.69) is 0 Å². The van der Waals surface area contributed by atoms with Crippen molar-refractivity contribution in [1.29, 1.82) is 0 Å². The van der Waals surface area contributed by atoms with Gasteiger partial charge in [-0.2, -0.15) is 13.2 Å². The van der Waals surface area contributed by atoms with E-state index in [0.717, 1.165) is 17.7 Å². The topological polar surface area (TPSA) is 59.0 Å². The maximum absolute atomic E-state index is 13.5. The molecule has 0 aliphatic heterocycles. The molecule has 3 rings (SSSR count). The van der Waals surface area contributed by atoms with Crippen LogP contribution in [0.3, 0.4) is 0 Å². The first-order valence-corrected chi connectivity index (χ1v) is 11.6. The van der Waals surface area contributed by atoms with E-state index in [1.54, 1.807) is 25.1 Å². The Labute approximate surface area is 213 Å². The standard InChI is InChI=1S/C27H27ClF3NO4/c1-3-32(26(34)36-17-18-7-5-4-6-8-18)16-21-14-22(27(29,30)31)9-10-24(21)20-11-19(12-23(28)15-20)13-25(33)35-2/h4-12,14-15,26,34H,3,13,16-17H2,1-2H3. The van der Waals surface area contributed by atoms with Crippen LogP contribution in [-0.4, -0.2) is 36.0 Å². The van der Waals surface area contributed by atoms with Crippen molar-refractivity contribution in [1.82, 2.24) is 4.90 Å². The highest BCUT2D eigenvalue weighted by atomic mass is 35.5. The molecule has 0 amide bonds. The molecule has 0 spiro atoms. The van der Waals surface area contributed by atoms with E-state index in [-0.39, 0.29) is 19.6 Å². The third kappa shape index (κ3) is 7.54. The molecule has 3 aromatic rings. The van der Waals surface area contributed by atoms with Crippen LogP contribution in [0.2, 0.25) is 5.02 Å². The summed E-state index contributed by atoms with van der Waals surface area (Å²) in [5.74, 6) is -0.466. The number of benzene rings is 3. The molecule has 0 bridgehead atoms. The van der Waals surface area contributed by atoms with E-state index in [4.69, 9.17) is 21.1 Å². The second-order valence-electron chi connectivity index (χ2n) is 8.16. The van der Waals surface area contributed by atoms with Gasteiger partial charge in [-0.1, -0.05) is 61.0 Å². The lowest BCUT2D eigenvalue weighted by Gasteiger charge is -2.28. The van der Waals surface area contributed by atoms with Gasteiger partial charge in [0.15, 0.2) is 0 Å². The van der Waals surface area contributed by atoms with Crippen molar-refractivity contribution in [2.45, 2.75) is 39.1 Å². The minimum absolute atomic E-state index is 0.0233. The Kier molecular flexibility index (Phi) is 9.50. The van der Waals surface area contributed by atoms with Gasteiger partial charge in [-0.3, -0.25) is 9.69 Å². The second kappa shape index (κ2) is 12.4. The van der Waals surface area contributed by atoms with Crippen molar-refractivity contribution in [3.05, 3.63) is 94.0 Å². The molecule has 192 valence electrons. The number of aliphatic hydroxyl groups is 1. The molecule has 0 radical (unpaired) electrons. The molecular weight excluding hydrogens is 495 g/mol. The third-order valence-electron chi connectivity index (χ3n) is 5.61. The van der Waals surface area contributed by atoms with Crippen LogP contribution in [0.15, 0.2) is 66.7 Å². The molecule has 5 nitrogen and oxygen atoms in total. The number of ether oxygens (including phenoxy) is 2. The monoisotopic (exact) mass is 521 g/mol. The Balaban J connectivity index is 1.94. The van der Waals surface area contributed by atoms with Crippen LogP contribution in [0.4, 0.5) is 13.2 Å². The van der Waals surface area contributed by atoms with Crippen molar-refractivity contribution in [3.8, 4) is 11.1 Å². The smallest absolute Gasteiger partial charge is 0.416 e. The summed E-state index contributed by atoms with van der Waals surface area (Å²) in [5.41, 5.74) is 1.96. The van der Waals surface area contributed by atoms with Crippen molar-refractivity contribution >= 4 is 17.6 Å². The summed E-state index contributed by atoms with van der Waals surface area (Å²) in [6, 6.07) is 17.6. The molecule has 36 heavy (non-hydrogen) atoms. The first-order valence-electron chi connectivity index (χ1n) is 11.2. The molecule has 0 aromatic heterocycles. The van der Waals surface area contributed by atoms with Gasteiger partial charge >= 0.3 is 12.1 Å².